The number of aliphatic hydroxyl groups is 1. The lowest BCUT2D eigenvalue weighted by atomic mass is 9.77. The van der Waals surface area contributed by atoms with Crippen LogP contribution in [0.5, 0.6) is 5.75 Å². The average Bonchev–Trinajstić information content (AvgIpc) is 2.39. The van der Waals surface area contributed by atoms with Gasteiger partial charge in [-0.15, -0.1) is 0 Å². The van der Waals surface area contributed by atoms with Crippen LogP contribution < -0.4 is 4.74 Å². The molecule has 1 saturated carbocycles. The first-order valence-electron chi connectivity index (χ1n) is 6.21. The van der Waals surface area contributed by atoms with Gasteiger partial charge in [-0.3, -0.25) is 0 Å². The molecular formula is C14H19FO3. The molecule has 1 N–H and O–H groups in total. The van der Waals surface area contributed by atoms with Gasteiger partial charge in [-0.2, -0.15) is 0 Å². The Balaban J connectivity index is 2.36. The third-order valence-electron chi connectivity index (χ3n) is 3.74. The number of hydrogen-bond donors (Lipinski definition) is 1. The van der Waals surface area contributed by atoms with Crippen LogP contribution in [0.3, 0.4) is 0 Å². The van der Waals surface area contributed by atoms with Crippen LogP contribution in [0, 0.1) is 5.82 Å². The first kappa shape index (κ1) is 13.3. The van der Waals surface area contributed by atoms with Crippen molar-refractivity contribution in [2.75, 3.05) is 14.2 Å². The van der Waals surface area contributed by atoms with E-state index < -0.39 is 11.4 Å². The third-order valence-corrected chi connectivity index (χ3v) is 3.74. The molecule has 0 heterocycles. The van der Waals surface area contributed by atoms with Crippen LogP contribution in [0.1, 0.15) is 31.2 Å². The number of ether oxygens (including phenoxy) is 2. The fourth-order valence-corrected chi connectivity index (χ4v) is 2.70. The normalized spacial score (nSPS) is 28.1. The predicted molar refractivity (Wildman–Crippen MR) is 66.1 cm³/mol. The summed E-state index contributed by atoms with van der Waals surface area (Å²) in [5.41, 5.74) is -0.535. The Morgan fingerprint density at radius 3 is 2.72 bits per heavy atom. The van der Waals surface area contributed by atoms with Crippen molar-refractivity contribution in [2.45, 2.75) is 37.4 Å². The summed E-state index contributed by atoms with van der Waals surface area (Å²) in [5.74, 6) is -0.268. The Bertz CT molecular complexity index is 422. The molecule has 1 fully saturated rings. The molecular weight excluding hydrogens is 235 g/mol. The molecule has 0 saturated heterocycles. The smallest absolute Gasteiger partial charge is 0.165 e. The monoisotopic (exact) mass is 254 g/mol. The van der Waals surface area contributed by atoms with E-state index in [0.717, 1.165) is 19.3 Å². The fourth-order valence-electron chi connectivity index (χ4n) is 2.70. The minimum Gasteiger partial charge on any atom is -0.494 e. The molecule has 18 heavy (non-hydrogen) atoms. The number of hydrogen-bond acceptors (Lipinski definition) is 3. The molecule has 0 radical (unpaired) electrons. The van der Waals surface area contributed by atoms with Crippen molar-refractivity contribution >= 4 is 0 Å². The van der Waals surface area contributed by atoms with Crippen molar-refractivity contribution in [3.63, 3.8) is 0 Å². The summed E-state index contributed by atoms with van der Waals surface area (Å²) in [7, 11) is 3.01. The second-order valence-corrected chi connectivity index (χ2v) is 4.74. The zero-order chi connectivity index (χ0) is 13.2. The SMILES string of the molecule is COc1ccc(C2(O)CCCCC2OC)cc1F. The van der Waals surface area contributed by atoms with E-state index in [4.69, 9.17) is 9.47 Å². The zero-order valence-corrected chi connectivity index (χ0v) is 10.8. The highest BCUT2D eigenvalue weighted by molar-refractivity contribution is 5.33. The van der Waals surface area contributed by atoms with Gasteiger partial charge in [0.2, 0.25) is 0 Å². The third kappa shape index (κ3) is 2.22. The number of benzene rings is 1. The van der Waals surface area contributed by atoms with Crippen LogP contribution in [0.4, 0.5) is 4.39 Å². The van der Waals surface area contributed by atoms with Crippen molar-refractivity contribution < 1.29 is 19.0 Å². The van der Waals surface area contributed by atoms with Gasteiger partial charge < -0.3 is 14.6 Å². The fraction of sp³-hybridized carbons (Fsp3) is 0.571. The zero-order valence-electron chi connectivity index (χ0n) is 10.8. The lowest BCUT2D eigenvalue weighted by Gasteiger charge is -2.39. The molecule has 1 aliphatic carbocycles. The quantitative estimate of drug-likeness (QED) is 0.901. The van der Waals surface area contributed by atoms with Crippen LogP contribution in [0.25, 0.3) is 0 Å². The molecule has 4 heteroatoms. The summed E-state index contributed by atoms with van der Waals surface area (Å²) in [4.78, 5) is 0. The highest BCUT2D eigenvalue weighted by Crippen LogP contribution is 2.39. The van der Waals surface area contributed by atoms with Crippen molar-refractivity contribution in [1.29, 1.82) is 0 Å². The Kier molecular flexibility index (Phi) is 3.88. The van der Waals surface area contributed by atoms with E-state index in [2.05, 4.69) is 0 Å². The molecule has 2 atom stereocenters. The summed E-state index contributed by atoms with van der Waals surface area (Å²) >= 11 is 0. The number of halogens is 1. The van der Waals surface area contributed by atoms with Gasteiger partial charge in [0.05, 0.1) is 13.2 Å². The minimum absolute atomic E-state index is 0.187. The Morgan fingerprint density at radius 2 is 2.11 bits per heavy atom. The van der Waals surface area contributed by atoms with Gasteiger partial charge in [-0.25, -0.2) is 4.39 Å². The van der Waals surface area contributed by atoms with Crippen molar-refractivity contribution in [3.05, 3.63) is 29.6 Å². The number of rotatable bonds is 3. The average molecular weight is 254 g/mol. The van der Waals surface area contributed by atoms with Crippen LogP contribution in [-0.4, -0.2) is 25.4 Å². The van der Waals surface area contributed by atoms with E-state index in [9.17, 15) is 9.50 Å². The summed E-state index contributed by atoms with van der Waals surface area (Å²) in [5, 5.41) is 10.8. The molecule has 2 rings (SSSR count). The second-order valence-electron chi connectivity index (χ2n) is 4.74. The summed E-state index contributed by atoms with van der Waals surface area (Å²) < 4.78 is 24.0. The lowest BCUT2D eigenvalue weighted by molar-refractivity contribution is -0.122. The topological polar surface area (TPSA) is 38.7 Å². The Morgan fingerprint density at radius 1 is 1.33 bits per heavy atom. The number of methoxy groups -OCH3 is 2. The van der Waals surface area contributed by atoms with E-state index in [1.165, 1.54) is 13.2 Å². The Hall–Kier alpha value is -1.13. The van der Waals surface area contributed by atoms with Gasteiger partial charge in [0.1, 0.15) is 5.60 Å². The van der Waals surface area contributed by atoms with Gasteiger partial charge in [-0.05, 0) is 30.5 Å². The molecule has 0 spiro atoms. The van der Waals surface area contributed by atoms with Crippen LogP contribution in [0.15, 0.2) is 18.2 Å². The molecule has 0 amide bonds. The maximum Gasteiger partial charge on any atom is 0.165 e. The van der Waals surface area contributed by atoms with E-state index >= 15 is 0 Å². The van der Waals surface area contributed by atoms with Gasteiger partial charge >= 0.3 is 0 Å². The molecule has 1 aromatic rings. The second kappa shape index (κ2) is 5.24. The molecule has 2 unspecified atom stereocenters. The van der Waals surface area contributed by atoms with Gasteiger partial charge in [0.15, 0.2) is 11.6 Å². The first-order chi connectivity index (χ1) is 8.61. The maximum absolute atomic E-state index is 13.7. The molecule has 3 nitrogen and oxygen atoms in total. The summed E-state index contributed by atoms with van der Waals surface area (Å²) in [6, 6.07) is 4.60. The maximum atomic E-state index is 13.7. The van der Waals surface area contributed by atoms with Gasteiger partial charge in [0.25, 0.3) is 0 Å². The van der Waals surface area contributed by atoms with Crippen molar-refractivity contribution in [2.24, 2.45) is 0 Å². The summed E-state index contributed by atoms with van der Waals surface area (Å²) in [6.45, 7) is 0. The highest BCUT2D eigenvalue weighted by atomic mass is 19.1. The molecule has 1 aliphatic rings. The lowest BCUT2D eigenvalue weighted by Crippen LogP contribution is -2.43. The minimum atomic E-state index is -1.10. The Labute approximate surface area is 107 Å². The highest BCUT2D eigenvalue weighted by Gasteiger charge is 2.41. The van der Waals surface area contributed by atoms with Crippen LogP contribution >= 0.6 is 0 Å². The molecule has 0 aliphatic heterocycles. The van der Waals surface area contributed by atoms with E-state index in [1.54, 1.807) is 19.2 Å². The molecule has 1 aromatic carbocycles. The van der Waals surface area contributed by atoms with Crippen molar-refractivity contribution in [1.82, 2.24) is 0 Å². The van der Waals surface area contributed by atoms with Crippen LogP contribution in [-0.2, 0) is 10.3 Å². The van der Waals surface area contributed by atoms with E-state index in [-0.39, 0.29) is 11.9 Å². The van der Waals surface area contributed by atoms with Gasteiger partial charge in [0, 0.05) is 7.11 Å². The first-order valence-corrected chi connectivity index (χ1v) is 6.21. The van der Waals surface area contributed by atoms with E-state index in [1.807, 2.05) is 0 Å². The molecule has 0 bridgehead atoms. The molecule has 0 aromatic heterocycles. The largest absolute Gasteiger partial charge is 0.494 e. The van der Waals surface area contributed by atoms with Crippen molar-refractivity contribution in [3.8, 4) is 5.75 Å². The summed E-state index contributed by atoms with van der Waals surface area (Å²) in [6.07, 6.45) is 3.06. The van der Waals surface area contributed by atoms with Crippen LogP contribution in [0.2, 0.25) is 0 Å². The predicted octanol–water partition coefficient (Wildman–Crippen LogP) is 2.61. The standard InChI is InChI=1S/C14H19FO3/c1-17-12-7-6-10(9-11(12)15)14(16)8-4-3-5-13(14)18-2/h6-7,9,13,16H,3-5,8H2,1-2H3. The van der Waals surface area contributed by atoms with E-state index in [0.29, 0.717) is 12.0 Å². The van der Waals surface area contributed by atoms with Gasteiger partial charge in [-0.1, -0.05) is 18.9 Å². The molecule has 100 valence electrons.